The number of carboxylic acids is 1. The van der Waals surface area contributed by atoms with Crippen molar-refractivity contribution in [2.24, 2.45) is 0 Å². The zero-order valence-electron chi connectivity index (χ0n) is 7.23. The average Bonchev–Trinajstić information content (AvgIpc) is 2.18. The van der Waals surface area contributed by atoms with Crippen LogP contribution in [0.5, 0.6) is 0 Å². The van der Waals surface area contributed by atoms with E-state index in [1.807, 2.05) is 0 Å². The van der Waals surface area contributed by atoms with Gasteiger partial charge in [-0.3, -0.25) is 4.79 Å². The molecule has 1 heterocycles. The summed E-state index contributed by atoms with van der Waals surface area (Å²) in [7, 11) is 0. The van der Waals surface area contributed by atoms with E-state index in [0.717, 1.165) is 6.08 Å². The molecule has 1 amide bonds. The second-order valence-corrected chi connectivity index (χ2v) is 2.43. The summed E-state index contributed by atoms with van der Waals surface area (Å²) in [4.78, 5) is 25.0. The van der Waals surface area contributed by atoms with Crippen LogP contribution in [0.2, 0.25) is 0 Å². The van der Waals surface area contributed by atoms with E-state index in [0.29, 0.717) is 5.69 Å². The predicted octanol–water partition coefficient (Wildman–Crippen LogP) is 0.904. The fourth-order valence-electron chi connectivity index (χ4n) is 0.819. The van der Waals surface area contributed by atoms with Gasteiger partial charge in [-0.15, -0.1) is 0 Å². The standard InChI is InChI=1S/C9H8N2O3/c1-2-8(12)11-6-3-4-10-7(5-6)9(13)14/h2-5H,1H2,(H,13,14)(H,10,11,12). The van der Waals surface area contributed by atoms with Crippen LogP contribution < -0.4 is 5.32 Å². The topological polar surface area (TPSA) is 79.3 Å². The molecule has 0 aromatic carbocycles. The van der Waals surface area contributed by atoms with E-state index in [2.05, 4.69) is 16.9 Å². The lowest BCUT2D eigenvalue weighted by Crippen LogP contribution is -2.09. The Balaban J connectivity index is 2.88. The van der Waals surface area contributed by atoms with Crippen LogP contribution in [0.15, 0.2) is 31.0 Å². The summed E-state index contributed by atoms with van der Waals surface area (Å²) >= 11 is 0. The highest BCUT2D eigenvalue weighted by Gasteiger charge is 2.05. The van der Waals surface area contributed by atoms with Gasteiger partial charge in [-0.1, -0.05) is 6.58 Å². The molecule has 0 aliphatic rings. The van der Waals surface area contributed by atoms with Crippen LogP contribution >= 0.6 is 0 Å². The molecule has 0 saturated heterocycles. The van der Waals surface area contributed by atoms with Crippen molar-refractivity contribution in [3.05, 3.63) is 36.7 Å². The van der Waals surface area contributed by atoms with Crippen molar-refractivity contribution in [3.63, 3.8) is 0 Å². The third-order valence-electron chi connectivity index (χ3n) is 1.43. The molecule has 5 heteroatoms. The fourth-order valence-corrected chi connectivity index (χ4v) is 0.819. The van der Waals surface area contributed by atoms with Crippen molar-refractivity contribution in [3.8, 4) is 0 Å². The van der Waals surface area contributed by atoms with Crippen molar-refractivity contribution in [1.29, 1.82) is 0 Å². The van der Waals surface area contributed by atoms with Crippen molar-refractivity contribution >= 4 is 17.6 Å². The van der Waals surface area contributed by atoms with E-state index in [1.54, 1.807) is 0 Å². The highest BCUT2D eigenvalue weighted by molar-refractivity contribution is 5.99. The highest BCUT2D eigenvalue weighted by Crippen LogP contribution is 2.07. The summed E-state index contributed by atoms with van der Waals surface area (Å²) in [5.74, 6) is -1.53. The molecule has 1 aromatic rings. The first-order valence-electron chi connectivity index (χ1n) is 3.76. The summed E-state index contributed by atoms with van der Waals surface area (Å²) in [6.07, 6.45) is 2.41. The summed E-state index contributed by atoms with van der Waals surface area (Å²) in [5.41, 5.74) is 0.258. The SMILES string of the molecule is C=CC(=O)Nc1ccnc(C(=O)O)c1. The molecule has 1 rings (SSSR count). The summed E-state index contributed by atoms with van der Waals surface area (Å²) in [5, 5.41) is 11.0. The van der Waals surface area contributed by atoms with Gasteiger partial charge in [0, 0.05) is 11.9 Å². The van der Waals surface area contributed by atoms with E-state index >= 15 is 0 Å². The lowest BCUT2D eigenvalue weighted by molar-refractivity contribution is -0.111. The minimum atomic E-state index is -1.14. The maximum Gasteiger partial charge on any atom is 0.354 e. The number of amides is 1. The van der Waals surface area contributed by atoms with E-state index < -0.39 is 11.9 Å². The number of hydrogen-bond acceptors (Lipinski definition) is 3. The van der Waals surface area contributed by atoms with Gasteiger partial charge >= 0.3 is 5.97 Å². The number of anilines is 1. The number of pyridine rings is 1. The van der Waals surface area contributed by atoms with Crippen LogP contribution in [0, 0.1) is 0 Å². The normalized spacial score (nSPS) is 9.14. The van der Waals surface area contributed by atoms with Gasteiger partial charge in [-0.05, 0) is 18.2 Å². The second kappa shape index (κ2) is 4.18. The Bertz CT molecular complexity index is 387. The fraction of sp³-hybridized carbons (Fsp3) is 0. The zero-order chi connectivity index (χ0) is 10.6. The molecule has 2 N–H and O–H groups in total. The van der Waals surface area contributed by atoms with Gasteiger partial charge in [-0.2, -0.15) is 0 Å². The first kappa shape index (κ1) is 9.91. The minimum Gasteiger partial charge on any atom is -0.477 e. The minimum absolute atomic E-state index is 0.119. The molecule has 0 aliphatic heterocycles. The predicted molar refractivity (Wildman–Crippen MR) is 50.0 cm³/mol. The van der Waals surface area contributed by atoms with Crippen LogP contribution in [0.4, 0.5) is 5.69 Å². The van der Waals surface area contributed by atoms with Gasteiger partial charge in [0.05, 0.1) is 0 Å². The molecule has 1 aromatic heterocycles. The number of hydrogen-bond donors (Lipinski definition) is 2. The Hall–Kier alpha value is -2.17. The van der Waals surface area contributed by atoms with Gasteiger partial charge in [0.2, 0.25) is 5.91 Å². The van der Waals surface area contributed by atoms with Crippen molar-refractivity contribution in [2.45, 2.75) is 0 Å². The molecule has 0 saturated carbocycles. The number of aromatic nitrogens is 1. The van der Waals surface area contributed by atoms with Crippen LogP contribution in [0.3, 0.4) is 0 Å². The molecule has 0 aliphatic carbocycles. The van der Waals surface area contributed by atoms with E-state index in [-0.39, 0.29) is 5.69 Å². The smallest absolute Gasteiger partial charge is 0.354 e. The second-order valence-electron chi connectivity index (χ2n) is 2.43. The Morgan fingerprint density at radius 2 is 2.29 bits per heavy atom. The lowest BCUT2D eigenvalue weighted by atomic mass is 10.3. The molecule has 72 valence electrons. The van der Waals surface area contributed by atoms with E-state index in [1.165, 1.54) is 18.3 Å². The number of carbonyl (C=O) groups excluding carboxylic acids is 1. The van der Waals surface area contributed by atoms with Gasteiger partial charge in [0.1, 0.15) is 5.69 Å². The number of aromatic carboxylic acids is 1. The third-order valence-corrected chi connectivity index (χ3v) is 1.43. The van der Waals surface area contributed by atoms with Crippen LogP contribution in [0.1, 0.15) is 10.5 Å². The Morgan fingerprint density at radius 1 is 1.57 bits per heavy atom. The summed E-state index contributed by atoms with van der Waals surface area (Å²) < 4.78 is 0. The van der Waals surface area contributed by atoms with Crippen molar-refractivity contribution in [2.75, 3.05) is 5.32 Å². The molecule has 0 bridgehead atoms. The van der Waals surface area contributed by atoms with Crippen LogP contribution in [0.25, 0.3) is 0 Å². The van der Waals surface area contributed by atoms with Crippen molar-refractivity contribution in [1.82, 2.24) is 4.98 Å². The van der Waals surface area contributed by atoms with Gasteiger partial charge in [0.15, 0.2) is 0 Å². The van der Waals surface area contributed by atoms with Gasteiger partial charge in [-0.25, -0.2) is 9.78 Å². The number of carbonyl (C=O) groups is 2. The zero-order valence-corrected chi connectivity index (χ0v) is 7.23. The molecule has 5 nitrogen and oxygen atoms in total. The molecule has 0 radical (unpaired) electrons. The van der Waals surface area contributed by atoms with Crippen molar-refractivity contribution < 1.29 is 14.7 Å². The third kappa shape index (κ3) is 2.41. The maximum absolute atomic E-state index is 10.9. The molecule has 0 spiro atoms. The number of nitrogens with zero attached hydrogens (tertiary/aromatic N) is 1. The molecule has 0 atom stereocenters. The Labute approximate surface area is 80.1 Å². The average molecular weight is 192 g/mol. The molecular formula is C9H8N2O3. The Morgan fingerprint density at radius 3 is 2.86 bits per heavy atom. The highest BCUT2D eigenvalue weighted by atomic mass is 16.4. The van der Waals surface area contributed by atoms with Gasteiger partial charge < -0.3 is 10.4 Å². The first-order valence-corrected chi connectivity index (χ1v) is 3.76. The number of rotatable bonds is 3. The maximum atomic E-state index is 10.9. The quantitative estimate of drug-likeness (QED) is 0.697. The molecular weight excluding hydrogens is 184 g/mol. The van der Waals surface area contributed by atoms with E-state index in [9.17, 15) is 9.59 Å². The van der Waals surface area contributed by atoms with Gasteiger partial charge in [0.25, 0.3) is 0 Å². The monoisotopic (exact) mass is 192 g/mol. The molecule has 14 heavy (non-hydrogen) atoms. The first-order chi connectivity index (χ1) is 6.63. The summed E-state index contributed by atoms with van der Waals surface area (Å²) in [6.45, 7) is 3.27. The Kier molecular flexibility index (Phi) is 2.96. The van der Waals surface area contributed by atoms with Crippen LogP contribution in [-0.4, -0.2) is 22.0 Å². The lowest BCUT2D eigenvalue weighted by Gasteiger charge is -2.01. The van der Waals surface area contributed by atoms with Crippen LogP contribution in [-0.2, 0) is 4.79 Å². The molecule has 0 unspecified atom stereocenters. The largest absolute Gasteiger partial charge is 0.477 e. The number of carboxylic acid groups (broad SMARTS) is 1. The number of nitrogens with one attached hydrogen (secondary N) is 1. The summed E-state index contributed by atoms with van der Waals surface area (Å²) in [6, 6.07) is 2.76. The molecule has 0 fully saturated rings. The van der Waals surface area contributed by atoms with E-state index in [4.69, 9.17) is 5.11 Å².